The van der Waals surface area contributed by atoms with E-state index < -0.39 is 24.0 Å². The van der Waals surface area contributed by atoms with Gasteiger partial charge >= 0.3 is 0 Å². The van der Waals surface area contributed by atoms with Crippen LogP contribution in [0.3, 0.4) is 0 Å². The molecular formula is C13H17NO4. The van der Waals surface area contributed by atoms with Gasteiger partial charge in [0.2, 0.25) is 11.8 Å². The van der Waals surface area contributed by atoms with Gasteiger partial charge in [0.1, 0.15) is 0 Å². The maximum absolute atomic E-state index is 12.2. The first-order valence-electron chi connectivity index (χ1n) is 5.90. The molecule has 2 amide bonds. The van der Waals surface area contributed by atoms with Gasteiger partial charge in [-0.3, -0.25) is 14.5 Å². The molecule has 18 heavy (non-hydrogen) atoms. The SMILES string of the molecule is C=CC1OC(C=C)[C@@H]2C(=O)N(CCOC)C(=O)[C@H]12. The largest absolute Gasteiger partial charge is 0.383 e. The molecule has 2 aliphatic rings. The minimum absolute atomic E-state index is 0.198. The van der Waals surface area contributed by atoms with Gasteiger partial charge in [-0.25, -0.2) is 0 Å². The molecular weight excluding hydrogens is 234 g/mol. The molecule has 0 aliphatic carbocycles. The highest BCUT2D eigenvalue weighted by Gasteiger charge is 2.58. The Balaban J connectivity index is 2.24. The highest BCUT2D eigenvalue weighted by Crippen LogP contribution is 2.41. The Morgan fingerprint density at radius 2 is 1.72 bits per heavy atom. The number of carbonyl (C=O) groups is 2. The van der Waals surface area contributed by atoms with Crippen LogP contribution in [-0.2, 0) is 19.1 Å². The van der Waals surface area contributed by atoms with Gasteiger partial charge in [-0.2, -0.15) is 0 Å². The first kappa shape index (κ1) is 13.0. The van der Waals surface area contributed by atoms with Crippen LogP contribution in [0.15, 0.2) is 25.3 Å². The first-order chi connectivity index (χ1) is 8.65. The van der Waals surface area contributed by atoms with Crippen molar-refractivity contribution >= 4 is 11.8 Å². The molecule has 0 N–H and O–H groups in total. The average molecular weight is 251 g/mol. The van der Waals surface area contributed by atoms with Crippen LogP contribution in [0.5, 0.6) is 0 Å². The summed E-state index contributed by atoms with van der Waals surface area (Å²) in [7, 11) is 1.54. The van der Waals surface area contributed by atoms with E-state index in [0.29, 0.717) is 6.61 Å². The van der Waals surface area contributed by atoms with Crippen molar-refractivity contribution in [2.75, 3.05) is 20.3 Å². The summed E-state index contributed by atoms with van der Waals surface area (Å²) in [6, 6.07) is 0. The van der Waals surface area contributed by atoms with Crippen LogP contribution < -0.4 is 0 Å². The summed E-state index contributed by atoms with van der Waals surface area (Å²) in [4.78, 5) is 25.7. The molecule has 5 nitrogen and oxygen atoms in total. The van der Waals surface area contributed by atoms with Crippen molar-refractivity contribution < 1.29 is 19.1 Å². The van der Waals surface area contributed by atoms with Crippen molar-refractivity contribution in [3.63, 3.8) is 0 Å². The monoisotopic (exact) mass is 251 g/mol. The lowest BCUT2D eigenvalue weighted by Gasteiger charge is -2.18. The summed E-state index contributed by atoms with van der Waals surface area (Å²) in [5, 5.41) is 0. The minimum Gasteiger partial charge on any atom is -0.383 e. The summed E-state index contributed by atoms with van der Waals surface area (Å²) < 4.78 is 10.5. The smallest absolute Gasteiger partial charge is 0.236 e. The van der Waals surface area contributed by atoms with E-state index in [4.69, 9.17) is 9.47 Å². The summed E-state index contributed by atoms with van der Waals surface area (Å²) in [6.07, 6.45) is 2.32. The van der Waals surface area contributed by atoms with Gasteiger partial charge in [0.25, 0.3) is 0 Å². The van der Waals surface area contributed by atoms with Crippen LogP contribution in [-0.4, -0.2) is 49.2 Å². The van der Waals surface area contributed by atoms with Gasteiger partial charge in [0.05, 0.1) is 37.2 Å². The Morgan fingerprint density at radius 3 is 2.11 bits per heavy atom. The fourth-order valence-corrected chi connectivity index (χ4v) is 2.62. The molecule has 0 radical (unpaired) electrons. The maximum atomic E-state index is 12.2. The normalized spacial score (nSPS) is 34.8. The second-order valence-electron chi connectivity index (χ2n) is 4.41. The fourth-order valence-electron chi connectivity index (χ4n) is 2.62. The predicted molar refractivity (Wildman–Crippen MR) is 64.6 cm³/mol. The van der Waals surface area contributed by atoms with Gasteiger partial charge in [-0.05, 0) is 0 Å². The Bertz CT molecular complexity index is 360. The second-order valence-corrected chi connectivity index (χ2v) is 4.41. The van der Waals surface area contributed by atoms with Crippen molar-refractivity contribution in [3.8, 4) is 0 Å². The Kier molecular flexibility index (Phi) is 3.63. The minimum atomic E-state index is -0.463. The van der Waals surface area contributed by atoms with Crippen molar-refractivity contribution in [1.29, 1.82) is 0 Å². The maximum Gasteiger partial charge on any atom is 0.236 e. The Hall–Kier alpha value is -1.46. The third-order valence-corrected chi connectivity index (χ3v) is 3.50. The Morgan fingerprint density at radius 1 is 1.22 bits per heavy atom. The zero-order chi connectivity index (χ0) is 13.3. The zero-order valence-electron chi connectivity index (χ0n) is 10.4. The third-order valence-electron chi connectivity index (χ3n) is 3.50. The van der Waals surface area contributed by atoms with Crippen LogP contribution in [0.4, 0.5) is 0 Å². The number of likely N-dealkylation sites (tertiary alicyclic amines) is 1. The molecule has 0 bridgehead atoms. The first-order valence-corrected chi connectivity index (χ1v) is 5.90. The number of carbonyl (C=O) groups excluding carboxylic acids is 2. The number of rotatable bonds is 5. The number of nitrogens with zero attached hydrogens (tertiary/aromatic N) is 1. The van der Waals surface area contributed by atoms with E-state index in [1.807, 2.05) is 0 Å². The van der Waals surface area contributed by atoms with E-state index in [1.165, 1.54) is 12.0 Å². The van der Waals surface area contributed by atoms with Crippen molar-refractivity contribution in [1.82, 2.24) is 4.90 Å². The topological polar surface area (TPSA) is 55.8 Å². The molecule has 0 spiro atoms. The van der Waals surface area contributed by atoms with Crippen LogP contribution >= 0.6 is 0 Å². The number of fused-ring (bicyclic) bond motifs is 1. The Labute approximate surface area is 106 Å². The average Bonchev–Trinajstić information content (AvgIpc) is 2.86. The van der Waals surface area contributed by atoms with E-state index in [-0.39, 0.29) is 18.4 Å². The summed E-state index contributed by atoms with van der Waals surface area (Å²) in [5.41, 5.74) is 0. The molecule has 4 atom stereocenters. The molecule has 2 aliphatic heterocycles. The molecule has 5 heteroatoms. The van der Waals surface area contributed by atoms with Gasteiger partial charge < -0.3 is 9.47 Å². The van der Waals surface area contributed by atoms with Crippen LogP contribution in [0.2, 0.25) is 0 Å². The number of hydrogen-bond donors (Lipinski definition) is 0. The van der Waals surface area contributed by atoms with E-state index in [9.17, 15) is 9.59 Å². The third kappa shape index (κ3) is 1.79. The molecule has 0 aromatic carbocycles. The summed E-state index contributed by atoms with van der Waals surface area (Å²) >= 11 is 0. The molecule has 0 aromatic rings. The van der Waals surface area contributed by atoms with Crippen molar-refractivity contribution in [3.05, 3.63) is 25.3 Å². The van der Waals surface area contributed by atoms with Crippen LogP contribution in [0, 0.1) is 11.8 Å². The standard InChI is InChI=1S/C13H17NO4/c1-4-8-10-11(9(5-2)18-8)13(16)14(12(10)15)6-7-17-3/h4-5,8-11H,1-2,6-7H2,3H3/t8?,9?,10-,11+. The molecule has 2 heterocycles. The van der Waals surface area contributed by atoms with E-state index in [1.54, 1.807) is 12.2 Å². The highest BCUT2D eigenvalue weighted by molar-refractivity contribution is 6.06. The fraction of sp³-hybridized carbons (Fsp3) is 0.538. The number of ether oxygens (including phenoxy) is 2. The predicted octanol–water partition coefficient (Wildman–Crippen LogP) is 0.373. The van der Waals surface area contributed by atoms with Crippen LogP contribution in [0.1, 0.15) is 0 Å². The lowest BCUT2D eigenvalue weighted by atomic mass is 9.89. The quantitative estimate of drug-likeness (QED) is 0.523. The molecule has 98 valence electrons. The number of imide groups is 1. The number of hydrogen-bond acceptors (Lipinski definition) is 4. The van der Waals surface area contributed by atoms with E-state index in [0.717, 1.165) is 0 Å². The van der Waals surface area contributed by atoms with Crippen LogP contribution in [0.25, 0.3) is 0 Å². The molecule has 2 unspecified atom stereocenters. The van der Waals surface area contributed by atoms with Crippen molar-refractivity contribution in [2.24, 2.45) is 11.8 Å². The summed E-state index contributed by atoms with van der Waals surface area (Å²) in [5.74, 6) is -1.32. The van der Waals surface area contributed by atoms with Gasteiger partial charge in [0, 0.05) is 7.11 Å². The number of amides is 2. The molecule has 2 fully saturated rings. The molecule has 0 aromatic heterocycles. The molecule has 0 saturated carbocycles. The molecule has 2 rings (SSSR count). The lowest BCUT2D eigenvalue weighted by Crippen LogP contribution is -2.37. The van der Waals surface area contributed by atoms with Gasteiger partial charge in [-0.1, -0.05) is 12.2 Å². The second kappa shape index (κ2) is 5.04. The zero-order valence-corrected chi connectivity index (χ0v) is 10.4. The van der Waals surface area contributed by atoms with E-state index >= 15 is 0 Å². The highest BCUT2D eigenvalue weighted by atomic mass is 16.5. The van der Waals surface area contributed by atoms with Gasteiger partial charge in [-0.15, -0.1) is 13.2 Å². The summed E-state index contributed by atoms with van der Waals surface area (Å²) in [6.45, 7) is 7.93. The van der Waals surface area contributed by atoms with E-state index in [2.05, 4.69) is 13.2 Å². The van der Waals surface area contributed by atoms with Gasteiger partial charge in [0.15, 0.2) is 0 Å². The van der Waals surface area contributed by atoms with Crippen molar-refractivity contribution in [2.45, 2.75) is 12.2 Å². The lowest BCUT2D eigenvalue weighted by molar-refractivity contribution is -0.143. The molecule has 2 saturated heterocycles. The number of methoxy groups -OCH3 is 1.